The van der Waals surface area contributed by atoms with Gasteiger partial charge in [0.2, 0.25) is 0 Å². The topological polar surface area (TPSA) is 47.8 Å². The van der Waals surface area contributed by atoms with Crippen molar-refractivity contribution in [1.29, 1.82) is 0 Å². The van der Waals surface area contributed by atoms with E-state index in [4.69, 9.17) is 0 Å². The van der Waals surface area contributed by atoms with Gasteiger partial charge in [0.05, 0.1) is 18.1 Å². The van der Waals surface area contributed by atoms with Gasteiger partial charge in [-0.05, 0) is 73.7 Å². The highest BCUT2D eigenvalue weighted by Crippen LogP contribution is 2.66. The molecule has 4 aliphatic rings. The number of carbonyl (C=O) groups is 1. The molecule has 0 N–H and O–H groups in total. The highest BCUT2D eigenvalue weighted by Gasteiger charge is 2.57. The molecule has 4 heteroatoms. The Balaban J connectivity index is 1.53. The van der Waals surface area contributed by atoms with Crippen LogP contribution < -0.4 is 0 Å². The lowest BCUT2D eigenvalue weighted by Crippen LogP contribution is -2.50. The van der Waals surface area contributed by atoms with Gasteiger partial charge in [-0.1, -0.05) is 38.0 Å². The van der Waals surface area contributed by atoms with Gasteiger partial charge in [0.15, 0.2) is 6.29 Å². The minimum atomic E-state index is -0.0731. The molecule has 5 rings (SSSR count). The second-order valence-corrected chi connectivity index (χ2v) is 10.1. The van der Waals surface area contributed by atoms with E-state index in [2.05, 4.69) is 37.2 Å². The number of hydrogen-bond donors (Lipinski definition) is 0. The van der Waals surface area contributed by atoms with Gasteiger partial charge in [0.25, 0.3) is 0 Å². The zero-order valence-corrected chi connectivity index (χ0v) is 16.8. The van der Waals surface area contributed by atoms with Crippen LogP contribution >= 0.6 is 0 Å². The van der Waals surface area contributed by atoms with E-state index < -0.39 is 0 Å². The smallest absolute Gasteiger partial charge is 0.151 e. The molecule has 0 amide bonds. The second kappa shape index (κ2) is 5.89. The van der Waals surface area contributed by atoms with Gasteiger partial charge in [-0.25, -0.2) is 4.68 Å². The van der Waals surface area contributed by atoms with E-state index in [1.807, 2.05) is 10.9 Å². The predicted octanol–water partition coefficient (Wildman–Crippen LogP) is 4.90. The molecule has 0 radical (unpaired) electrons. The zero-order valence-electron chi connectivity index (χ0n) is 16.8. The van der Waals surface area contributed by atoms with Crippen LogP contribution in [-0.2, 0) is 4.79 Å². The monoisotopic (exact) mass is 365 g/mol. The summed E-state index contributed by atoms with van der Waals surface area (Å²) in [7, 11) is 0. The maximum absolute atomic E-state index is 11.9. The third-order valence-electron chi connectivity index (χ3n) is 8.83. The molecule has 1 heterocycles. The summed E-state index contributed by atoms with van der Waals surface area (Å²) in [6.07, 6.45) is 16.0. The standard InChI is InChI=1S/C23H31N3O/c1-15-6-8-22(2)17(12-15)4-5-18-19(22)7-9-23(3)20(18)13-16(14-27)21(23)26-11-10-24-25-26/h10-11,13-15,17-19H,4-9,12H2,1-3H3/t15-,17-,18+,19-,22-,23-/m0/s1. The Morgan fingerprint density at radius 2 is 2.04 bits per heavy atom. The molecule has 1 aromatic heterocycles. The summed E-state index contributed by atoms with van der Waals surface area (Å²) < 4.78 is 1.84. The molecule has 4 nitrogen and oxygen atoms in total. The molecular formula is C23H31N3O. The van der Waals surface area contributed by atoms with Gasteiger partial charge < -0.3 is 0 Å². The summed E-state index contributed by atoms with van der Waals surface area (Å²) in [4.78, 5) is 11.9. The molecule has 1 aromatic rings. The predicted molar refractivity (Wildman–Crippen MR) is 106 cm³/mol. The highest BCUT2D eigenvalue weighted by molar-refractivity contribution is 5.92. The van der Waals surface area contributed by atoms with Crippen LogP contribution in [-0.4, -0.2) is 21.3 Å². The van der Waals surface area contributed by atoms with Crippen molar-refractivity contribution in [2.75, 3.05) is 0 Å². The number of rotatable bonds is 2. The zero-order chi connectivity index (χ0) is 18.8. The van der Waals surface area contributed by atoms with Gasteiger partial charge >= 0.3 is 0 Å². The normalized spacial score (nSPS) is 43.6. The highest BCUT2D eigenvalue weighted by atomic mass is 16.1. The van der Waals surface area contributed by atoms with Crippen LogP contribution in [0.4, 0.5) is 0 Å². The first-order valence-corrected chi connectivity index (χ1v) is 10.8. The van der Waals surface area contributed by atoms with E-state index in [9.17, 15) is 4.79 Å². The van der Waals surface area contributed by atoms with Crippen molar-refractivity contribution >= 4 is 12.0 Å². The van der Waals surface area contributed by atoms with Gasteiger partial charge in [0, 0.05) is 11.0 Å². The second-order valence-electron chi connectivity index (χ2n) is 10.1. The van der Waals surface area contributed by atoms with Gasteiger partial charge in [-0.15, -0.1) is 5.10 Å². The van der Waals surface area contributed by atoms with E-state index in [1.165, 1.54) is 44.1 Å². The van der Waals surface area contributed by atoms with Crippen LogP contribution in [0.15, 0.2) is 29.6 Å². The van der Waals surface area contributed by atoms with Gasteiger partial charge in [0.1, 0.15) is 0 Å². The van der Waals surface area contributed by atoms with Crippen molar-refractivity contribution in [3.05, 3.63) is 29.6 Å². The minimum Gasteiger partial charge on any atom is -0.298 e. The number of aromatic nitrogens is 3. The van der Waals surface area contributed by atoms with E-state index in [0.717, 1.165) is 41.7 Å². The average Bonchev–Trinajstić information content (AvgIpc) is 3.26. The molecule has 3 saturated carbocycles. The van der Waals surface area contributed by atoms with Crippen LogP contribution in [0.2, 0.25) is 0 Å². The van der Waals surface area contributed by atoms with Crippen molar-refractivity contribution in [3.63, 3.8) is 0 Å². The Bertz CT molecular complexity index is 823. The Labute approximate surface area is 162 Å². The Morgan fingerprint density at radius 3 is 2.78 bits per heavy atom. The quantitative estimate of drug-likeness (QED) is 0.701. The van der Waals surface area contributed by atoms with Crippen LogP contribution in [0.3, 0.4) is 0 Å². The van der Waals surface area contributed by atoms with Crippen LogP contribution in [0.5, 0.6) is 0 Å². The summed E-state index contributed by atoms with van der Waals surface area (Å²) in [5.74, 6) is 3.17. The summed E-state index contributed by atoms with van der Waals surface area (Å²) in [6, 6.07) is 0. The molecule has 144 valence electrons. The molecule has 4 aliphatic carbocycles. The Kier molecular flexibility index (Phi) is 3.80. The number of allylic oxidation sites excluding steroid dienone is 4. The maximum Gasteiger partial charge on any atom is 0.151 e. The Hall–Kier alpha value is -1.71. The van der Waals surface area contributed by atoms with Crippen LogP contribution in [0.1, 0.15) is 65.7 Å². The fourth-order valence-electron chi connectivity index (χ4n) is 7.39. The summed E-state index contributed by atoms with van der Waals surface area (Å²) in [5.41, 5.74) is 3.77. The van der Waals surface area contributed by atoms with Gasteiger partial charge in [-0.2, -0.15) is 0 Å². The van der Waals surface area contributed by atoms with Crippen molar-refractivity contribution in [2.24, 2.45) is 34.5 Å². The molecule has 27 heavy (non-hydrogen) atoms. The third kappa shape index (κ3) is 2.31. The molecule has 3 fully saturated rings. The van der Waals surface area contributed by atoms with E-state index in [-0.39, 0.29) is 5.41 Å². The lowest BCUT2D eigenvalue weighted by molar-refractivity contribution is -0.104. The number of nitrogens with zero attached hydrogens (tertiary/aromatic N) is 3. The van der Waals surface area contributed by atoms with Crippen molar-refractivity contribution in [2.45, 2.75) is 65.7 Å². The van der Waals surface area contributed by atoms with Crippen molar-refractivity contribution < 1.29 is 4.79 Å². The summed E-state index contributed by atoms with van der Waals surface area (Å²) >= 11 is 0. The molecule has 0 unspecified atom stereocenters. The number of hydrogen-bond acceptors (Lipinski definition) is 3. The molecule has 6 atom stereocenters. The molecular weight excluding hydrogens is 334 g/mol. The largest absolute Gasteiger partial charge is 0.298 e. The molecule has 0 aliphatic heterocycles. The number of aldehydes is 1. The first-order chi connectivity index (χ1) is 13.0. The van der Waals surface area contributed by atoms with E-state index >= 15 is 0 Å². The molecule has 0 saturated heterocycles. The lowest BCUT2D eigenvalue weighted by atomic mass is 9.46. The maximum atomic E-state index is 11.9. The average molecular weight is 366 g/mol. The summed E-state index contributed by atoms with van der Waals surface area (Å²) in [5, 5.41) is 8.24. The lowest BCUT2D eigenvalue weighted by Gasteiger charge is -2.59. The van der Waals surface area contributed by atoms with Crippen LogP contribution in [0, 0.1) is 34.5 Å². The fourth-order valence-corrected chi connectivity index (χ4v) is 7.39. The van der Waals surface area contributed by atoms with Crippen molar-refractivity contribution in [1.82, 2.24) is 15.0 Å². The Morgan fingerprint density at radius 1 is 1.19 bits per heavy atom. The van der Waals surface area contributed by atoms with Crippen LogP contribution in [0.25, 0.3) is 5.70 Å². The third-order valence-corrected chi connectivity index (χ3v) is 8.83. The SMILES string of the molecule is C[C@H]1CC[C@@]2(C)[C@@H](CC[C@H]3C4=CC(C=O)=C(n5ccnn5)[C@@]4(C)CC[C@@H]32)C1. The van der Waals surface area contributed by atoms with Gasteiger partial charge in [-0.3, -0.25) is 4.79 Å². The fraction of sp³-hybridized carbons (Fsp3) is 0.696. The summed E-state index contributed by atoms with van der Waals surface area (Å²) in [6.45, 7) is 7.36. The number of carbonyl (C=O) groups excluding carboxylic acids is 1. The first kappa shape index (κ1) is 17.4. The molecule has 0 spiro atoms. The van der Waals surface area contributed by atoms with Crippen molar-refractivity contribution in [3.8, 4) is 0 Å². The first-order valence-electron chi connectivity index (χ1n) is 10.8. The van der Waals surface area contributed by atoms with E-state index in [1.54, 1.807) is 6.20 Å². The van der Waals surface area contributed by atoms with E-state index in [0.29, 0.717) is 11.3 Å². The number of fused-ring (bicyclic) bond motifs is 5. The molecule has 0 bridgehead atoms. The minimum absolute atomic E-state index is 0.0731. The molecule has 0 aromatic carbocycles.